The SMILES string of the molecule is CCCCCCCN1C(=CC=CC2=[N+](CCCCC)c3ccc4ccccc4c3C2(C)C)C(C)(C)c2cc(Cl)ccc21.[O-][Cl+3]([O-])([O-])[O-]. The second-order valence-electron chi connectivity index (χ2n) is 13.7. The molecule has 0 spiro atoms. The average molecular weight is 682 g/mol. The molecule has 0 saturated heterocycles. The van der Waals surface area contributed by atoms with Gasteiger partial charge in [-0.2, -0.15) is 4.58 Å². The molecule has 2 aliphatic rings. The number of allylic oxidation sites excluding steroid dienone is 4. The molecule has 0 N–H and O–H groups in total. The lowest BCUT2D eigenvalue weighted by Gasteiger charge is -2.27. The van der Waals surface area contributed by atoms with Crippen LogP contribution in [0.15, 0.2) is 78.5 Å². The molecule has 0 atom stereocenters. The van der Waals surface area contributed by atoms with E-state index in [1.807, 2.05) is 6.07 Å². The summed E-state index contributed by atoms with van der Waals surface area (Å²) in [7, 11) is -4.94. The van der Waals surface area contributed by atoms with Crippen molar-refractivity contribution in [1.82, 2.24) is 0 Å². The zero-order valence-corrected chi connectivity index (χ0v) is 30.3. The Hall–Kier alpha value is -2.71. The highest BCUT2D eigenvalue weighted by Gasteiger charge is 2.45. The third kappa shape index (κ3) is 8.66. The fraction of sp³-hybridized carbons (Fsp3) is 0.462. The first-order chi connectivity index (χ1) is 22.2. The molecule has 5 rings (SSSR count). The molecule has 8 heteroatoms. The van der Waals surface area contributed by atoms with E-state index >= 15 is 0 Å². The van der Waals surface area contributed by atoms with Gasteiger partial charge in [0, 0.05) is 52.5 Å². The third-order valence-electron chi connectivity index (χ3n) is 9.59. The summed E-state index contributed by atoms with van der Waals surface area (Å²) in [5.41, 5.74) is 8.04. The minimum Gasteiger partial charge on any atom is -0.344 e. The number of nitrogens with zero attached hydrogens (tertiary/aromatic N) is 2. The predicted molar refractivity (Wildman–Crippen MR) is 184 cm³/mol. The molecule has 3 aromatic rings. The van der Waals surface area contributed by atoms with Crippen molar-refractivity contribution in [3.63, 3.8) is 0 Å². The second-order valence-corrected chi connectivity index (χ2v) is 14.9. The van der Waals surface area contributed by atoms with E-state index in [0.717, 1.165) is 18.1 Å². The molecule has 0 saturated carbocycles. The number of hydrogen-bond acceptors (Lipinski definition) is 5. The number of hydrogen-bond donors (Lipinski definition) is 0. The molecule has 254 valence electrons. The minimum absolute atomic E-state index is 0.0853. The summed E-state index contributed by atoms with van der Waals surface area (Å²) in [6, 6.07) is 20.0. The molecule has 0 bridgehead atoms. The Morgan fingerprint density at radius 1 is 0.809 bits per heavy atom. The van der Waals surface area contributed by atoms with Crippen molar-refractivity contribution in [3.05, 3.63) is 94.7 Å². The number of unbranched alkanes of at least 4 members (excludes halogenated alkanes) is 6. The lowest BCUT2D eigenvalue weighted by atomic mass is 9.79. The van der Waals surface area contributed by atoms with E-state index in [4.69, 9.17) is 30.2 Å². The van der Waals surface area contributed by atoms with E-state index < -0.39 is 10.2 Å². The molecule has 0 aromatic heterocycles. The molecule has 47 heavy (non-hydrogen) atoms. The Balaban J connectivity index is 0.000000930. The standard InChI is InChI=1S/C39H50ClN2.ClHO4/c1-7-9-11-12-16-27-41-33-25-23-30(40)28-32(33)38(3,4)35(41)20-17-21-36-39(5,6)37-31-19-14-13-18-29(31)22-24-34(37)42(36)26-15-10-8-2;2-1(3,4)5/h13-14,17-25,28H,7-12,15-16,26-27H2,1-6H3;(H,2,3,4,5)/q+1;/p-1. The molecule has 6 nitrogen and oxygen atoms in total. The van der Waals surface area contributed by atoms with Crippen LogP contribution in [0.3, 0.4) is 0 Å². The molecule has 0 unspecified atom stereocenters. The second kappa shape index (κ2) is 15.7. The molecule has 0 radical (unpaired) electrons. The van der Waals surface area contributed by atoms with Gasteiger partial charge in [-0.3, -0.25) is 0 Å². The van der Waals surface area contributed by atoms with E-state index in [1.54, 1.807) is 0 Å². The normalized spacial score (nSPS) is 17.4. The Labute approximate surface area is 288 Å². The Bertz CT molecular complexity index is 1630. The first kappa shape index (κ1) is 37.1. The maximum absolute atomic E-state index is 8.49. The molecular weight excluding hydrogens is 631 g/mol. The van der Waals surface area contributed by atoms with Crippen molar-refractivity contribution < 1.29 is 33.5 Å². The zero-order chi connectivity index (χ0) is 34.4. The molecule has 0 aliphatic carbocycles. The van der Waals surface area contributed by atoms with Crippen LogP contribution in [-0.2, 0) is 10.8 Å². The van der Waals surface area contributed by atoms with Crippen LogP contribution in [0.4, 0.5) is 11.4 Å². The molecule has 0 amide bonds. The van der Waals surface area contributed by atoms with Crippen molar-refractivity contribution in [2.24, 2.45) is 0 Å². The van der Waals surface area contributed by atoms with E-state index in [2.05, 4.69) is 118 Å². The molecule has 2 aliphatic heterocycles. The van der Waals surface area contributed by atoms with Crippen LogP contribution < -0.4 is 23.5 Å². The van der Waals surface area contributed by atoms with Crippen LogP contribution in [0, 0.1) is 10.2 Å². The molecular formula is C39H50Cl2N2O4. The van der Waals surface area contributed by atoms with Gasteiger partial charge in [-0.25, -0.2) is 18.6 Å². The van der Waals surface area contributed by atoms with Gasteiger partial charge in [-0.1, -0.05) is 102 Å². The van der Waals surface area contributed by atoms with Crippen molar-refractivity contribution in [2.45, 2.75) is 104 Å². The summed E-state index contributed by atoms with van der Waals surface area (Å²) >= 11 is 6.52. The van der Waals surface area contributed by atoms with Gasteiger partial charge < -0.3 is 4.90 Å². The van der Waals surface area contributed by atoms with Crippen LogP contribution in [0.25, 0.3) is 10.8 Å². The van der Waals surface area contributed by atoms with Crippen molar-refractivity contribution in [3.8, 4) is 0 Å². The summed E-state index contributed by atoms with van der Waals surface area (Å²) in [5.74, 6) is 0. The fourth-order valence-corrected chi connectivity index (χ4v) is 7.46. The van der Waals surface area contributed by atoms with Gasteiger partial charge in [0.1, 0.15) is 6.54 Å². The highest BCUT2D eigenvalue weighted by atomic mass is 35.7. The van der Waals surface area contributed by atoms with Gasteiger partial charge in [-0.05, 0) is 73.4 Å². The lowest BCUT2D eigenvalue weighted by molar-refractivity contribution is -2.00. The van der Waals surface area contributed by atoms with Crippen LogP contribution in [-0.4, -0.2) is 23.4 Å². The Kier molecular flexibility index (Phi) is 12.4. The maximum Gasteiger partial charge on any atom is 0.210 e. The van der Waals surface area contributed by atoms with E-state index in [9.17, 15) is 0 Å². The van der Waals surface area contributed by atoms with Crippen LogP contribution >= 0.6 is 11.6 Å². The number of halogens is 2. The van der Waals surface area contributed by atoms with Gasteiger partial charge in [0.25, 0.3) is 0 Å². The monoisotopic (exact) mass is 680 g/mol. The summed E-state index contributed by atoms with van der Waals surface area (Å²) in [6.07, 6.45) is 17.2. The first-order valence-corrected chi connectivity index (χ1v) is 18.6. The Morgan fingerprint density at radius 2 is 1.47 bits per heavy atom. The molecule has 3 aromatic carbocycles. The number of anilines is 1. The van der Waals surface area contributed by atoms with Crippen LogP contribution in [0.5, 0.6) is 0 Å². The average Bonchev–Trinajstić information content (AvgIpc) is 3.35. The van der Waals surface area contributed by atoms with Gasteiger partial charge in [0.2, 0.25) is 5.69 Å². The molecule has 2 heterocycles. The molecule has 0 fully saturated rings. The van der Waals surface area contributed by atoms with Crippen molar-refractivity contribution in [2.75, 3.05) is 18.0 Å². The van der Waals surface area contributed by atoms with Gasteiger partial charge in [0.05, 0.1) is 5.41 Å². The summed E-state index contributed by atoms with van der Waals surface area (Å²) in [4.78, 5) is 2.56. The summed E-state index contributed by atoms with van der Waals surface area (Å²) in [5, 5.41) is 3.52. The van der Waals surface area contributed by atoms with E-state index in [0.29, 0.717) is 0 Å². The highest BCUT2D eigenvalue weighted by Crippen LogP contribution is 2.49. The fourth-order valence-electron chi connectivity index (χ4n) is 7.29. The third-order valence-corrected chi connectivity index (χ3v) is 9.82. The first-order valence-electron chi connectivity index (χ1n) is 17.0. The Morgan fingerprint density at radius 3 is 2.17 bits per heavy atom. The van der Waals surface area contributed by atoms with E-state index in [1.165, 1.54) is 96.0 Å². The maximum atomic E-state index is 8.49. The summed E-state index contributed by atoms with van der Waals surface area (Å²) < 4.78 is 36.6. The minimum atomic E-state index is -4.94. The van der Waals surface area contributed by atoms with Gasteiger partial charge in [-0.15, -0.1) is 10.2 Å². The van der Waals surface area contributed by atoms with E-state index in [-0.39, 0.29) is 10.8 Å². The van der Waals surface area contributed by atoms with Crippen molar-refractivity contribution in [1.29, 1.82) is 0 Å². The van der Waals surface area contributed by atoms with Crippen LogP contribution in [0.1, 0.15) is 104 Å². The lowest BCUT2D eigenvalue weighted by Crippen LogP contribution is -2.68. The smallest absolute Gasteiger partial charge is 0.210 e. The number of fused-ring (bicyclic) bond motifs is 4. The summed E-state index contributed by atoms with van der Waals surface area (Å²) in [6.45, 7) is 16.2. The number of benzene rings is 3. The predicted octanol–water partition coefficient (Wildman–Crippen LogP) is 6.51. The largest absolute Gasteiger partial charge is 0.344 e. The quantitative estimate of drug-likeness (QED) is 0.160. The topological polar surface area (TPSA) is 98.5 Å². The number of rotatable bonds is 12. The van der Waals surface area contributed by atoms with Crippen LogP contribution in [0.2, 0.25) is 5.02 Å². The highest BCUT2D eigenvalue weighted by molar-refractivity contribution is 6.30. The zero-order valence-electron chi connectivity index (χ0n) is 28.8. The van der Waals surface area contributed by atoms with Crippen molar-refractivity contribution >= 4 is 39.5 Å². The van der Waals surface area contributed by atoms with Gasteiger partial charge >= 0.3 is 0 Å². The van der Waals surface area contributed by atoms with Gasteiger partial charge in [0.15, 0.2) is 5.71 Å².